The Morgan fingerprint density at radius 3 is 2.66 bits per heavy atom. The number of H-pyrrole nitrogens is 1. The number of para-hydroxylation sites is 1. The molecule has 1 atom stereocenters. The number of nitrogens with one attached hydrogen (secondary N) is 2. The summed E-state index contributed by atoms with van der Waals surface area (Å²) in [6, 6.07) is 12.1. The number of aromatic nitrogens is 1. The molecule has 1 aromatic heterocycles. The van der Waals surface area contributed by atoms with Crippen molar-refractivity contribution in [2.75, 3.05) is 13.7 Å². The number of ether oxygens (including phenoxy) is 1. The highest BCUT2D eigenvalue weighted by atomic mass is 16.5. The van der Waals surface area contributed by atoms with Crippen LogP contribution in [-0.4, -0.2) is 41.3 Å². The number of carbonyl (C=O) groups excluding carboxylic acids is 3. The second-order valence-electron chi connectivity index (χ2n) is 7.30. The first kappa shape index (κ1) is 18.7. The van der Waals surface area contributed by atoms with Crippen LogP contribution >= 0.6 is 0 Å². The minimum atomic E-state index is -1.24. The Bertz CT molecular complexity index is 1150. The van der Waals surface area contributed by atoms with Gasteiger partial charge < -0.3 is 15.0 Å². The summed E-state index contributed by atoms with van der Waals surface area (Å²) < 4.78 is 5.26. The number of ketones is 1. The molecule has 0 spiro atoms. The number of aromatic amines is 1. The van der Waals surface area contributed by atoms with E-state index >= 15 is 0 Å². The predicted octanol–water partition coefficient (Wildman–Crippen LogP) is 3.13. The van der Waals surface area contributed by atoms with E-state index in [4.69, 9.17) is 4.74 Å². The van der Waals surface area contributed by atoms with Gasteiger partial charge in [0, 0.05) is 22.7 Å². The van der Waals surface area contributed by atoms with Crippen LogP contribution in [0.25, 0.3) is 10.9 Å². The molecule has 29 heavy (non-hydrogen) atoms. The number of aryl methyl sites for hydroxylation is 1. The normalized spacial score (nSPS) is 18.9. The number of urea groups is 1. The van der Waals surface area contributed by atoms with E-state index in [0.717, 1.165) is 21.4 Å². The first-order chi connectivity index (χ1) is 13.8. The second-order valence-corrected chi connectivity index (χ2v) is 7.30. The number of fused-ring (bicyclic) bond motifs is 1. The van der Waals surface area contributed by atoms with Crippen LogP contribution in [0.15, 0.2) is 48.7 Å². The fourth-order valence-corrected chi connectivity index (χ4v) is 3.76. The van der Waals surface area contributed by atoms with Gasteiger partial charge in [0.15, 0.2) is 5.78 Å². The molecular formula is C22H21N3O4. The first-order valence-electron chi connectivity index (χ1n) is 9.23. The van der Waals surface area contributed by atoms with E-state index in [9.17, 15) is 14.4 Å². The Balaban J connectivity index is 1.61. The quantitative estimate of drug-likeness (QED) is 0.516. The molecule has 2 aromatic carbocycles. The fourth-order valence-electron chi connectivity index (χ4n) is 3.76. The minimum Gasteiger partial charge on any atom is -0.496 e. The number of imide groups is 1. The Labute approximate surface area is 167 Å². The molecule has 0 radical (unpaired) electrons. The maximum atomic E-state index is 13.1. The van der Waals surface area contributed by atoms with Crippen molar-refractivity contribution in [3.8, 4) is 5.75 Å². The molecule has 2 N–H and O–H groups in total. The first-order valence-corrected chi connectivity index (χ1v) is 9.23. The zero-order valence-corrected chi connectivity index (χ0v) is 16.4. The summed E-state index contributed by atoms with van der Waals surface area (Å²) in [5.74, 6) is -0.0677. The van der Waals surface area contributed by atoms with Crippen LogP contribution in [0.1, 0.15) is 28.4 Å². The smallest absolute Gasteiger partial charge is 0.325 e. The number of Topliss-reactive ketones (excluding diaryl/α,β-unsaturated/α-hetero) is 1. The summed E-state index contributed by atoms with van der Waals surface area (Å²) in [6.07, 6.45) is 1.61. The van der Waals surface area contributed by atoms with Crippen molar-refractivity contribution in [1.29, 1.82) is 0 Å². The molecule has 7 nitrogen and oxygen atoms in total. The lowest BCUT2D eigenvalue weighted by atomic mass is 9.90. The zero-order valence-electron chi connectivity index (χ0n) is 16.4. The highest BCUT2D eigenvalue weighted by molar-refractivity contribution is 6.14. The number of methoxy groups -OCH3 is 1. The molecule has 3 aromatic rings. The molecule has 0 bridgehead atoms. The maximum absolute atomic E-state index is 13.1. The molecule has 7 heteroatoms. The molecule has 1 saturated heterocycles. The number of nitrogens with zero attached hydrogens (tertiary/aromatic N) is 1. The number of carbonyl (C=O) groups is 3. The molecule has 1 fully saturated rings. The lowest BCUT2D eigenvalue weighted by molar-refractivity contribution is -0.130. The summed E-state index contributed by atoms with van der Waals surface area (Å²) in [5.41, 5.74) is 1.52. The van der Waals surface area contributed by atoms with E-state index in [2.05, 4.69) is 10.3 Å². The van der Waals surface area contributed by atoms with E-state index in [1.165, 1.54) is 0 Å². The van der Waals surface area contributed by atoms with E-state index < -0.39 is 17.5 Å². The highest BCUT2D eigenvalue weighted by Crippen LogP contribution is 2.32. The topological polar surface area (TPSA) is 91.5 Å². The van der Waals surface area contributed by atoms with Gasteiger partial charge in [-0.1, -0.05) is 24.3 Å². The van der Waals surface area contributed by atoms with Gasteiger partial charge in [0.05, 0.1) is 13.7 Å². The Kier molecular flexibility index (Phi) is 4.38. The molecular weight excluding hydrogens is 370 g/mol. The fraction of sp³-hybridized carbons (Fsp3) is 0.227. The summed E-state index contributed by atoms with van der Waals surface area (Å²) in [4.78, 5) is 42.5. The van der Waals surface area contributed by atoms with Gasteiger partial charge in [0.1, 0.15) is 11.3 Å². The lowest BCUT2D eigenvalue weighted by Crippen LogP contribution is -2.41. The predicted molar refractivity (Wildman–Crippen MR) is 108 cm³/mol. The van der Waals surface area contributed by atoms with Crippen molar-refractivity contribution in [1.82, 2.24) is 15.2 Å². The zero-order chi connectivity index (χ0) is 20.8. The van der Waals surface area contributed by atoms with Gasteiger partial charge in [-0.05, 0) is 43.2 Å². The van der Waals surface area contributed by atoms with E-state index in [1.54, 1.807) is 32.4 Å². The van der Waals surface area contributed by atoms with Crippen molar-refractivity contribution in [2.45, 2.75) is 19.4 Å². The van der Waals surface area contributed by atoms with Crippen molar-refractivity contribution < 1.29 is 19.1 Å². The van der Waals surface area contributed by atoms with E-state index in [0.29, 0.717) is 16.9 Å². The molecule has 1 aliphatic heterocycles. The number of rotatable bonds is 5. The van der Waals surface area contributed by atoms with Crippen molar-refractivity contribution >= 4 is 28.6 Å². The maximum Gasteiger partial charge on any atom is 0.325 e. The van der Waals surface area contributed by atoms with Crippen molar-refractivity contribution in [2.24, 2.45) is 0 Å². The van der Waals surface area contributed by atoms with Crippen LogP contribution < -0.4 is 10.1 Å². The van der Waals surface area contributed by atoms with E-state index in [-0.39, 0.29) is 12.3 Å². The molecule has 4 rings (SSSR count). The lowest BCUT2D eigenvalue weighted by Gasteiger charge is -2.23. The standard InChI is InChI=1S/C22H21N3O4/c1-13-10-14(8-9-19(13)29-3)22(2)20(27)25(21(28)24-22)12-18(26)16-11-23-17-7-5-4-6-15(16)17/h4-11,23H,12H2,1-3H3,(H,24,28). The van der Waals surface area contributed by atoms with Crippen LogP contribution in [0.3, 0.4) is 0 Å². The van der Waals surface area contributed by atoms with Gasteiger partial charge in [-0.3, -0.25) is 14.5 Å². The minimum absolute atomic E-state index is 0.305. The second kappa shape index (κ2) is 6.77. The van der Waals surface area contributed by atoms with Gasteiger partial charge in [-0.25, -0.2) is 4.79 Å². The molecule has 3 amide bonds. The largest absolute Gasteiger partial charge is 0.496 e. The number of hydrogen-bond acceptors (Lipinski definition) is 4. The van der Waals surface area contributed by atoms with Gasteiger partial charge in [0.2, 0.25) is 0 Å². The summed E-state index contributed by atoms with van der Waals surface area (Å²) >= 11 is 0. The third-order valence-electron chi connectivity index (χ3n) is 5.44. The highest BCUT2D eigenvalue weighted by Gasteiger charge is 2.49. The number of hydrogen-bond donors (Lipinski definition) is 2. The number of benzene rings is 2. The Hall–Kier alpha value is -3.61. The summed E-state index contributed by atoms with van der Waals surface area (Å²) in [5, 5.41) is 3.50. The van der Waals surface area contributed by atoms with Crippen LogP contribution in [-0.2, 0) is 10.3 Å². The molecule has 0 saturated carbocycles. The monoisotopic (exact) mass is 391 g/mol. The average Bonchev–Trinajstić information content (AvgIpc) is 3.23. The molecule has 1 unspecified atom stereocenters. The molecule has 148 valence electrons. The van der Waals surface area contributed by atoms with Crippen LogP contribution in [0.5, 0.6) is 5.75 Å². The van der Waals surface area contributed by atoms with Gasteiger partial charge >= 0.3 is 6.03 Å². The SMILES string of the molecule is COc1ccc(C2(C)NC(=O)N(CC(=O)c3c[nH]c4ccccc34)C2=O)cc1C. The third kappa shape index (κ3) is 2.95. The molecule has 2 heterocycles. The van der Waals surface area contributed by atoms with Crippen molar-refractivity contribution in [3.63, 3.8) is 0 Å². The summed E-state index contributed by atoms with van der Waals surface area (Å²) in [7, 11) is 1.57. The Morgan fingerprint density at radius 1 is 1.17 bits per heavy atom. The van der Waals surface area contributed by atoms with Crippen molar-refractivity contribution in [3.05, 3.63) is 65.4 Å². The molecule has 0 aliphatic carbocycles. The van der Waals surface area contributed by atoms with Gasteiger partial charge in [-0.2, -0.15) is 0 Å². The third-order valence-corrected chi connectivity index (χ3v) is 5.44. The van der Waals surface area contributed by atoms with Crippen LogP contribution in [0, 0.1) is 6.92 Å². The van der Waals surface area contributed by atoms with Gasteiger partial charge in [0.25, 0.3) is 5.91 Å². The van der Waals surface area contributed by atoms with E-state index in [1.807, 2.05) is 37.3 Å². The number of amides is 3. The van der Waals surface area contributed by atoms with Gasteiger partial charge in [-0.15, -0.1) is 0 Å². The van der Waals surface area contributed by atoms with Crippen LogP contribution in [0.2, 0.25) is 0 Å². The van der Waals surface area contributed by atoms with Crippen LogP contribution in [0.4, 0.5) is 4.79 Å². The summed E-state index contributed by atoms with van der Waals surface area (Å²) in [6.45, 7) is 3.19. The average molecular weight is 391 g/mol. The Morgan fingerprint density at radius 2 is 1.93 bits per heavy atom. The molecule has 1 aliphatic rings.